The Morgan fingerprint density at radius 1 is 1.60 bits per heavy atom. The third-order valence-electron chi connectivity index (χ3n) is 3.94. The Bertz CT molecular complexity index is 438. The van der Waals surface area contributed by atoms with Crippen LogP contribution in [0.15, 0.2) is 24.5 Å². The molecule has 0 aliphatic carbocycles. The van der Waals surface area contributed by atoms with E-state index in [1.54, 1.807) is 6.20 Å². The van der Waals surface area contributed by atoms with Crippen molar-refractivity contribution in [1.29, 1.82) is 0 Å². The lowest BCUT2D eigenvalue weighted by molar-refractivity contribution is -0.143. The van der Waals surface area contributed by atoms with Crippen molar-refractivity contribution >= 4 is 5.97 Å². The number of pyridine rings is 1. The number of ether oxygens (including phenoxy) is 1. The molecule has 0 aromatic carbocycles. The molecular weight excluding hydrogens is 256 g/mol. The second-order valence-electron chi connectivity index (χ2n) is 5.25. The first-order valence-corrected chi connectivity index (χ1v) is 7.11. The van der Waals surface area contributed by atoms with Crippen LogP contribution in [0.1, 0.15) is 31.9 Å². The summed E-state index contributed by atoms with van der Waals surface area (Å²) in [7, 11) is 0. The van der Waals surface area contributed by atoms with Crippen LogP contribution in [0.2, 0.25) is 0 Å². The van der Waals surface area contributed by atoms with E-state index in [0.717, 1.165) is 18.5 Å². The van der Waals surface area contributed by atoms with Gasteiger partial charge in [0.25, 0.3) is 0 Å². The van der Waals surface area contributed by atoms with Gasteiger partial charge in [0.2, 0.25) is 0 Å². The molecule has 1 aromatic heterocycles. The topological polar surface area (TPSA) is 62.7 Å². The van der Waals surface area contributed by atoms with Gasteiger partial charge in [-0.1, -0.05) is 13.0 Å². The molecule has 2 rings (SSSR count). The van der Waals surface area contributed by atoms with Crippen LogP contribution in [-0.4, -0.2) is 46.8 Å². The van der Waals surface area contributed by atoms with E-state index < -0.39 is 11.9 Å². The normalized spacial score (nSPS) is 23.9. The average molecular weight is 278 g/mol. The monoisotopic (exact) mass is 278 g/mol. The van der Waals surface area contributed by atoms with E-state index in [2.05, 4.69) is 23.7 Å². The van der Waals surface area contributed by atoms with Crippen molar-refractivity contribution < 1.29 is 14.6 Å². The van der Waals surface area contributed by atoms with Crippen LogP contribution in [0.5, 0.6) is 0 Å². The molecular formula is C15H22N2O3. The van der Waals surface area contributed by atoms with Gasteiger partial charge in [0.05, 0.1) is 19.1 Å². The number of rotatable bonds is 6. The van der Waals surface area contributed by atoms with Crippen molar-refractivity contribution in [3.05, 3.63) is 30.1 Å². The number of aliphatic carboxylic acids is 1. The van der Waals surface area contributed by atoms with Crippen molar-refractivity contribution in [3.63, 3.8) is 0 Å². The zero-order valence-corrected chi connectivity index (χ0v) is 12.0. The maximum absolute atomic E-state index is 11.4. The minimum Gasteiger partial charge on any atom is -0.481 e. The molecule has 5 heteroatoms. The van der Waals surface area contributed by atoms with Crippen LogP contribution < -0.4 is 0 Å². The van der Waals surface area contributed by atoms with Crippen LogP contribution in [0, 0.1) is 5.92 Å². The summed E-state index contributed by atoms with van der Waals surface area (Å²) in [6.07, 6.45) is 4.57. The Labute approximate surface area is 119 Å². The molecule has 0 amide bonds. The average Bonchev–Trinajstić information content (AvgIpc) is 2.94. The van der Waals surface area contributed by atoms with Crippen molar-refractivity contribution in [2.75, 3.05) is 19.8 Å². The summed E-state index contributed by atoms with van der Waals surface area (Å²) >= 11 is 0. The van der Waals surface area contributed by atoms with Crippen molar-refractivity contribution in [3.8, 4) is 0 Å². The number of carboxylic acid groups (broad SMARTS) is 1. The van der Waals surface area contributed by atoms with Crippen LogP contribution in [-0.2, 0) is 9.53 Å². The van der Waals surface area contributed by atoms with E-state index in [1.165, 1.54) is 0 Å². The van der Waals surface area contributed by atoms with Crippen LogP contribution >= 0.6 is 0 Å². The van der Waals surface area contributed by atoms with Crippen LogP contribution in [0.3, 0.4) is 0 Å². The minimum absolute atomic E-state index is 0.0670. The third kappa shape index (κ3) is 3.16. The van der Waals surface area contributed by atoms with E-state index in [-0.39, 0.29) is 12.1 Å². The summed E-state index contributed by atoms with van der Waals surface area (Å²) in [5.74, 6) is -1.22. The highest BCUT2D eigenvalue weighted by atomic mass is 16.5. The van der Waals surface area contributed by atoms with Crippen molar-refractivity contribution in [2.45, 2.75) is 32.4 Å². The quantitative estimate of drug-likeness (QED) is 0.861. The molecule has 20 heavy (non-hydrogen) atoms. The van der Waals surface area contributed by atoms with Gasteiger partial charge in [0, 0.05) is 24.5 Å². The van der Waals surface area contributed by atoms with Gasteiger partial charge in [0.15, 0.2) is 0 Å². The highest BCUT2D eigenvalue weighted by Gasteiger charge is 2.39. The fourth-order valence-corrected chi connectivity index (χ4v) is 2.83. The van der Waals surface area contributed by atoms with E-state index in [0.29, 0.717) is 13.2 Å². The molecule has 110 valence electrons. The molecule has 1 saturated heterocycles. The summed E-state index contributed by atoms with van der Waals surface area (Å²) in [5, 5.41) is 9.33. The molecule has 3 unspecified atom stereocenters. The number of carboxylic acids is 1. The lowest BCUT2D eigenvalue weighted by Gasteiger charge is -2.35. The molecule has 2 heterocycles. The lowest BCUT2D eigenvalue weighted by Crippen LogP contribution is -2.44. The number of aromatic nitrogens is 1. The summed E-state index contributed by atoms with van der Waals surface area (Å²) in [6.45, 7) is 5.86. The minimum atomic E-state index is -0.771. The molecule has 1 aliphatic rings. The maximum Gasteiger partial charge on any atom is 0.310 e. The predicted octanol–water partition coefficient (Wildman–Crippen LogP) is 1.95. The van der Waals surface area contributed by atoms with Crippen LogP contribution in [0.25, 0.3) is 0 Å². The van der Waals surface area contributed by atoms with Gasteiger partial charge in [0.1, 0.15) is 0 Å². The first-order valence-electron chi connectivity index (χ1n) is 7.11. The Hall–Kier alpha value is -1.46. The Balaban J connectivity index is 2.20. The first-order chi connectivity index (χ1) is 9.65. The summed E-state index contributed by atoms with van der Waals surface area (Å²) in [4.78, 5) is 17.8. The highest BCUT2D eigenvalue weighted by molar-refractivity contribution is 5.71. The second-order valence-corrected chi connectivity index (χ2v) is 5.25. The molecule has 5 nitrogen and oxygen atoms in total. The fraction of sp³-hybridized carbons (Fsp3) is 0.600. The molecule has 1 aromatic rings. The zero-order chi connectivity index (χ0) is 14.5. The second kappa shape index (κ2) is 6.81. The van der Waals surface area contributed by atoms with Gasteiger partial charge in [-0.15, -0.1) is 0 Å². The molecule has 3 atom stereocenters. The Kier molecular flexibility index (Phi) is 5.09. The van der Waals surface area contributed by atoms with E-state index in [1.807, 2.05) is 18.3 Å². The molecule has 1 aliphatic heterocycles. The van der Waals surface area contributed by atoms with Crippen molar-refractivity contribution in [2.24, 2.45) is 5.92 Å². The molecule has 0 spiro atoms. The summed E-state index contributed by atoms with van der Waals surface area (Å²) in [5.41, 5.74) is 1.11. The third-order valence-corrected chi connectivity index (χ3v) is 3.94. The first kappa shape index (κ1) is 14.9. The van der Waals surface area contributed by atoms with Crippen LogP contribution in [0.4, 0.5) is 0 Å². The largest absolute Gasteiger partial charge is 0.481 e. The smallest absolute Gasteiger partial charge is 0.310 e. The Morgan fingerprint density at radius 2 is 2.40 bits per heavy atom. The molecule has 0 bridgehead atoms. The predicted molar refractivity (Wildman–Crippen MR) is 75.4 cm³/mol. The number of hydrogen-bond acceptors (Lipinski definition) is 4. The van der Waals surface area contributed by atoms with Crippen molar-refractivity contribution in [1.82, 2.24) is 9.88 Å². The van der Waals surface area contributed by atoms with E-state index in [4.69, 9.17) is 4.74 Å². The number of carbonyl (C=O) groups is 1. The Morgan fingerprint density at radius 3 is 3.00 bits per heavy atom. The maximum atomic E-state index is 11.4. The summed E-state index contributed by atoms with van der Waals surface area (Å²) in [6, 6.07) is 4.02. The van der Waals surface area contributed by atoms with Gasteiger partial charge in [-0.2, -0.15) is 0 Å². The molecule has 1 fully saturated rings. The van der Waals surface area contributed by atoms with Gasteiger partial charge >= 0.3 is 5.97 Å². The highest BCUT2D eigenvalue weighted by Crippen LogP contribution is 2.28. The molecule has 0 saturated carbocycles. The van der Waals surface area contributed by atoms with Gasteiger partial charge in [-0.3, -0.25) is 14.7 Å². The van der Waals surface area contributed by atoms with E-state index >= 15 is 0 Å². The SMILES string of the molecule is CCCN(C(C)c1cccnc1)C1COCC1C(=O)O. The standard InChI is InChI=1S/C15H22N2O3/c1-3-7-17(11(2)12-5-4-6-16-8-12)14-10-20-9-13(14)15(18)19/h4-6,8,11,13-14H,3,7,9-10H2,1-2H3,(H,18,19). The molecule has 0 radical (unpaired) electrons. The molecule has 1 N–H and O–H groups in total. The van der Waals surface area contributed by atoms with E-state index in [9.17, 15) is 9.90 Å². The number of nitrogens with zero attached hydrogens (tertiary/aromatic N) is 2. The van der Waals surface area contributed by atoms with Gasteiger partial charge < -0.3 is 9.84 Å². The fourth-order valence-electron chi connectivity index (χ4n) is 2.83. The van der Waals surface area contributed by atoms with Gasteiger partial charge in [-0.25, -0.2) is 0 Å². The zero-order valence-electron chi connectivity index (χ0n) is 12.0. The number of hydrogen-bond donors (Lipinski definition) is 1. The van der Waals surface area contributed by atoms with Gasteiger partial charge in [-0.05, 0) is 31.5 Å². The lowest BCUT2D eigenvalue weighted by atomic mass is 9.98. The summed E-state index contributed by atoms with van der Waals surface area (Å²) < 4.78 is 5.41.